The van der Waals surface area contributed by atoms with E-state index in [2.05, 4.69) is 22.8 Å². The molecule has 0 aliphatic heterocycles. The zero-order valence-corrected chi connectivity index (χ0v) is 18.4. The summed E-state index contributed by atoms with van der Waals surface area (Å²) in [6, 6.07) is 20.9. The van der Waals surface area contributed by atoms with Crippen LogP contribution in [0.2, 0.25) is 0 Å². The Morgan fingerprint density at radius 2 is 1.53 bits per heavy atom. The second-order valence-corrected chi connectivity index (χ2v) is 7.89. The van der Waals surface area contributed by atoms with Crippen LogP contribution < -0.4 is 15.4 Å². The van der Waals surface area contributed by atoms with Gasteiger partial charge in [-0.15, -0.1) is 0 Å². The van der Waals surface area contributed by atoms with E-state index < -0.39 is 23.2 Å². The number of nitrogens with one attached hydrogen (secondary N) is 2. The first-order valence-corrected chi connectivity index (χ1v) is 10.7. The van der Waals surface area contributed by atoms with Crippen LogP contribution in [0, 0.1) is 10.1 Å². The molecule has 0 radical (unpaired) electrons. The Morgan fingerprint density at radius 3 is 2.12 bits per heavy atom. The SMILES string of the molecule is C[C@@H](CNC(=O)Oc1ccc([N+](=O)[O-])cc1)NC(=O)OCC1c2ccccc2-c2ccccc21. The van der Waals surface area contributed by atoms with Gasteiger partial charge < -0.3 is 20.1 Å². The quantitative estimate of drug-likeness (QED) is 0.392. The number of amides is 2. The van der Waals surface area contributed by atoms with Crippen molar-refractivity contribution < 1.29 is 24.0 Å². The first kappa shape index (κ1) is 22.8. The molecule has 1 atom stereocenters. The van der Waals surface area contributed by atoms with E-state index in [-0.39, 0.29) is 30.5 Å². The summed E-state index contributed by atoms with van der Waals surface area (Å²) in [6.45, 7) is 2.02. The molecule has 1 aliphatic rings. The van der Waals surface area contributed by atoms with E-state index in [0.717, 1.165) is 22.3 Å². The zero-order chi connectivity index (χ0) is 24.1. The van der Waals surface area contributed by atoms with Gasteiger partial charge in [-0.05, 0) is 41.3 Å². The van der Waals surface area contributed by atoms with E-state index in [0.29, 0.717) is 0 Å². The molecule has 174 valence electrons. The molecule has 2 amide bonds. The van der Waals surface area contributed by atoms with Crippen LogP contribution >= 0.6 is 0 Å². The van der Waals surface area contributed by atoms with Crippen molar-refractivity contribution in [1.82, 2.24) is 10.6 Å². The minimum Gasteiger partial charge on any atom is -0.449 e. The molecule has 9 heteroatoms. The van der Waals surface area contributed by atoms with Gasteiger partial charge in [-0.2, -0.15) is 0 Å². The first-order valence-electron chi connectivity index (χ1n) is 10.7. The Kier molecular flexibility index (Phi) is 6.72. The van der Waals surface area contributed by atoms with Crippen LogP contribution in [0.4, 0.5) is 15.3 Å². The number of non-ortho nitro benzene ring substituents is 1. The molecule has 3 aromatic carbocycles. The van der Waals surface area contributed by atoms with E-state index in [1.54, 1.807) is 6.92 Å². The average molecular weight is 461 g/mol. The molecule has 0 spiro atoms. The summed E-state index contributed by atoms with van der Waals surface area (Å²) >= 11 is 0. The van der Waals surface area contributed by atoms with Gasteiger partial charge in [0.15, 0.2) is 0 Å². The van der Waals surface area contributed by atoms with Gasteiger partial charge in [0.25, 0.3) is 5.69 Å². The van der Waals surface area contributed by atoms with Crippen LogP contribution in [0.3, 0.4) is 0 Å². The Hall–Kier alpha value is -4.40. The highest BCUT2D eigenvalue weighted by atomic mass is 16.6. The second-order valence-electron chi connectivity index (χ2n) is 7.89. The van der Waals surface area contributed by atoms with Crippen LogP contribution in [0.1, 0.15) is 24.0 Å². The highest BCUT2D eigenvalue weighted by molar-refractivity contribution is 5.79. The van der Waals surface area contributed by atoms with Crippen LogP contribution in [0.5, 0.6) is 5.75 Å². The van der Waals surface area contributed by atoms with E-state index in [1.165, 1.54) is 24.3 Å². The molecule has 34 heavy (non-hydrogen) atoms. The molecule has 0 saturated heterocycles. The summed E-state index contributed by atoms with van der Waals surface area (Å²) in [7, 11) is 0. The number of carbonyl (C=O) groups is 2. The van der Waals surface area contributed by atoms with Crippen molar-refractivity contribution in [3.05, 3.63) is 94.0 Å². The first-order chi connectivity index (χ1) is 16.4. The van der Waals surface area contributed by atoms with E-state index >= 15 is 0 Å². The highest BCUT2D eigenvalue weighted by Crippen LogP contribution is 2.44. The fourth-order valence-corrected chi connectivity index (χ4v) is 3.91. The summed E-state index contributed by atoms with van der Waals surface area (Å²) in [5.41, 5.74) is 4.45. The second kappa shape index (κ2) is 10.0. The topological polar surface area (TPSA) is 120 Å². The van der Waals surface area contributed by atoms with Crippen molar-refractivity contribution in [2.24, 2.45) is 0 Å². The lowest BCUT2D eigenvalue weighted by atomic mass is 9.98. The lowest BCUT2D eigenvalue weighted by Crippen LogP contribution is -2.43. The van der Waals surface area contributed by atoms with E-state index in [9.17, 15) is 19.7 Å². The third kappa shape index (κ3) is 5.15. The minimum atomic E-state index is -0.741. The molecule has 1 aliphatic carbocycles. The fraction of sp³-hybridized carbons (Fsp3) is 0.200. The van der Waals surface area contributed by atoms with Crippen molar-refractivity contribution in [3.8, 4) is 16.9 Å². The molecule has 2 N–H and O–H groups in total. The Labute approximate surface area is 195 Å². The Balaban J connectivity index is 1.24. The molecule has 4 rings (SSSR count). The van der Waals surface area contributed by atoms with Gasteiger partial charge in [-0.1, -0.05) is 48.5 Å². The number of ether oxygens (including phenoxy) is 2. The van der Waals surface area contributed by atoms with Gasteiger partial charge in [-0.3, -0.25) is 10.1 Å². The van der Waals surface area contributed by atoms with Crippen molar-refractivity contribution in [3.63, 3.8) is 0 Å². The van der Waals surface area contributed by atoms with Crippen LogP contribution in [0.25, 0.3) is 11.1 Å². The number of benzene rings is 3. The number of hydrogen-bond donors (Lipinski definition) is 2. The van der Waals surface area contributed by atoms with Gasteiger partial charge in [0.1, 0.15) is 12.4 Å². The molecule has 0 fully saturated rings. The molecule has 0 aromatic heterocycles. The van der Waals surface area contributed by atoms with Crippen molar-refractivity contribution >= 4 is 17.9 Å². The van der Waals surface area contributed by atoms with Crippen LogP contribution in [0.15, 0.2) is 72.8 Å². The Bertz CT molecular complexity index is 1170. The zero-order valence-electron chi connectivity index (χ0n) is 18.4. The maximum atomic E-state index is 12.3. The van der Waals surface area contributed by atoms with Crippen LogP contribution in [-0.4, -0.2) is 36.3 Å². The molecule has 0 bridgehead atoms. The molecule has 0 unspecified atom stereocenters. The maximum absolute atomic E-state index is 12.3. The monoisotopic (exact) mass is 461 g/mol. The summed E-state index contributed by atoms with van der Waals surface area (Å²) in [5, 5.41) is 15.9. The predicted molar refractivity (Wildman–Crippen MR) is 125 cm³/mol. The number of rotatable bonds is 7. The average Bonchev–Trinajstić information content (AvgIpc) is 3.15. The third-order valence-corrected chi connectivity index (χ3v) is 5.52. The predicted octanol–water partition coefficient (Wildman–Crippen LogP) is 4.61. The molecule has 3 aromatic rings. The number of hydrogen-bond acceptors (Lipinski definition) is 6. The summed E-state index contributed by atoms with van der Waals surface area (Å²) in [4.78, 5) is 34.4. The van der Waals surface area contributed by atoms with Gasteiger partial charge in [0.05, 0.1) is 4.92 Å². The molecular formula is C25H23N3O6. The Morgan fingerprint density at radius 1 is 0.941 bits per heavy atom. The van der Waals surface area contributed by atoms with Gasteiger partial charge in [-0.25, -0.2) is 9.59 Å². The van der Waals surface area contributed by atoms with Gasteiger partial charge >= 0.3 is 12.2 Å². The lowest BCUT2D eigenvalue weighted by Gasteiger charge is -2.17. The maximum Gasteiger partial charge on any atom is 0.412 e. The van der Waals surface area contributed by atoms with Crippen molar-refractivity contribution in [2.45, 2.75) is 18.9 Å². The number of fused-ring (bicyclic) bond motifs is 3. The summed E-state index contributed by atoms with van der Waals surface area (Å²) in [6.07, 6.45) is -1.32. The van der Waals surface area contributed by atoms with Crippen molar-refractivity contribution in [1.29, 1.82) is 0 Å². The van der Waals surface area contributed by atoms with Gasteiger partial charge in [0.2, 0.25) is 0 Å². The van der Waals surface area contributed by atoms with Crippen LogP contribution in [-0.2, 0) is 4.74 Å². The molecule has 9 nitrogen and oxygen atoms in total. The largest absolute Gasteiger partial charge is 0.449 e. The lowest BCUT2D eigenvalue weighted by molar-refractivity contribution is -0.384. The smallest absolute Gasteiger partial charge is 0.412 e. The standard InChI is InChI=1S/C25H23N3O6/c1-16(14-26-24(29)34-18-12-10-17(11-13-18)28(31)32)27-25(30)33-15-23-21-8-4-2-6-19(21)20-7-3-5-9-22(20)23/h2-13,16,23H,14-15H2,1H3,(H,26,29)(H,27,30)/t16-/m0/s1. The molecule has 0 heterocycles. The van der Waals surface area contributed by atoms with Crippen molar-refractivity contribution in [2.75, 3.05) is 13.2 Å². The highest BCUT2D eigenvalue weighted by Gasteiger charge is 2.29. The summed E-state index contributed by atoms with van der Waals surface area (Å²) in [5.74, 6) is 0.128. The number of carbonyl (C=O) groups excluding carboxylic acids is 2. The number of nitro benzene ring substituents is 1. The normalized spacial score (nSPS) is 12.7. The molecular weight excluding hydrogens is 438 g/mol. The van der Waals surface area contributed by atoms with E-state index in [1.807, 2.05) is 36.4 Å². The van der Waals surface area contributed by atoms with E-state index in [4.69, 9.17) is 9.47 Å². The fourth-order valence-electron chi connectivity index (χ4n) is 3.91. The third-order valence-electron chi connectivity index (χ3n) is 5.52. The number of nitrogens with zero attached hydrogens (tertiary/aromatic N) is 1. The number of alkyl carbamates (subject to hydrolysis) is 1. The van der Waals surface area contributed by atoms with Gasteiger partial charge in [0, 0.05) is 30.6 Å². The number of nitro groups is 1. The summed E-state index contributed by atoms with van der Waals surface area (Å²) < 4.78 is 10.6. The minimum absolute atomic E-state index is 0.0387. The molecule has 0 saturated carbocycles.